The summed E-state index contributed by atoms with van der Waals surface area (Å²) in [5.41, 5.74) is 1.05. The molecule has 0 heterocycles. The second-order valence-corrected chi connectivity index (χ2v) is 6.51. The monoisotopic (exact) mass is 280 g/mol. The molecule has 1 nitrogen and oxygen atoms in total. The molecule has 0 spiro atoms. The summed E-state index contributed by atoms with van der Waals surface area (Å²) in [6.07, 6.45) is 4.87. The number of halogens is 1. The number of hydrogen-bond acceptors (Lipinski definition) is 1. The summed E-state index contributed by atoms with van der Waals surface area (Å²) in [5, 5.41) is 10.5. The topological polar surface area (TPSA) is 20.2 Å². The maximum atomic E-state index is 10.5. The summed E-state index contributed by atoms with van der Waals surface area (Å²) in [4.78, 5) is 0. The van der Waals surface area contributed by atoms with Crippen LogP contribution in [-0.2, 0) is 0 Å². The Kier molecular flexibility index (Phi) is 2.60. The summed E-state index contributed by atoms with van der Waals surface area (Å²) in [6.45, 7) is 0. The van der Waals surface area contributed by atoms with Gasteiger partial charge in [-0.25, -0.2) is 0 Å². The molecular formula is C14H17BrO. The molecule has 1 aromatic rings. The first kappa shape index (κ1) is 10.8. The van der Waals surface area contributed by atoms with Crippen molar-refractivity contribution in [2.75, 3.05) is 0 Å². The van der Waals surface area contributed by atoms with Gasteiger partial charge in [-0.2, -0.15) is 0 Å². The van der Waals surface area contributed by atoms with Crippen LogP contribution in [0.1, 0.15) is 37.4 Å². The molecule has 3 unspecified atom stereocenters. The molecule has 2 fully saturated rings. The van der Waals surface area contributed by atoms with Gasteiger partial charge in [0.05, 0.1) is 10.4 Å². The predicted octanol–water partition coefficient (Wildman–Crippen LogP) is 3.67. The maximum absolute atomic E-state index is 10.5. The van der Waals surface area contributed by atoms with Gasteiger partial charge in [0.1, 0.15) is 0 Å². The molecule has 2 aliphatic rings. The van der Waals surface area contributed by atoms with Crippen LogP contribution in [0.25, 0.3) is 0 Å². The summed E-state index contributed by atoms with van der Waals surface area (Å²) < 4.78 is -0.0230. The van der Waals surface area contributed by atoms with Crippen molar-refractivity contribution < 1.29 is 5.11 Å². The van der Waals surface area contributed by atoms with Crippen LogP contribution in [0.3, 0.4) is 0 Å². The van der Waals surface area contributed by atoms with Crippen LogP contribution in [0.2, 0.25) is 0 Å². The van der Waals surface area contributed by atoms with E-state index in [-0.39, 0.29) is 10.4 Å². The molecule has 86 valence electrons. The second-order valence-electron chi connectivity index (χ2n) is 5.14. The average molecular weight is 281 g/mol. The first-order chi connectivity index (χ1) is 7.74. The zero-order valence-electron chi connectivity index (χ0n) is 9.27. The first-order valence-electron chi connectivity index (χ1n) is 6.16. The van der Waals surface area contributed by atoms with Gasteiger partial charge in [-0.3, -0.25) is 0 Å². The lowest BCUT2D eigenvalue weighted by Gasteiger charge is -2.18. The van der Waals surface area contributed by atoms with Gasteiger partial charge in [0.25, 0.3) is 0 Å². The van der Waals surface area contributed by atoms with Gasteiger partial charge < -0.3 is 5.11 Å². The van der Waals surface area contributed by atoms with Crippen LogP contribution < -0.4 is 0 Å². The highest BCUT2D eigenvalue weighted by molar-refractivity contribution is 9.10. The second kappa shape index (κ2) is 3.85. The fourth-order valence-electron chi connectivity index (χ4n) is 3.39. The third-order valence-corrected chi connectivity index (χ3v) is 5.94. The fourth-order valence-corrected chi connectivity index (χ4v) is 4.62. The highest BCUT2D eigenvalue weighted by atomic mass is 79.9. The largest absolute Gasteiger partial charge is 0.387 e. The number of aliphatic hydroxyl groups is 1. The van der Waals surface area contributed by atoms with E-state index in [9.17, 15) is 5.11 Å². The Bertz CT molecular complexity index is 364. The smallest absolute Gasteiger partial charge is 0.0948 e. The van der Waals surface area contributed by atoms with Gasteiger partial charge in [0.2, 0.25) is 0 Å². The van der Waals surface area contributed by atoms with E-state index in [0.29, 0.717) is 11.8 Å². The van der Waals surface area contributed by atoms with Crippen molar-refractivity contribution in [1.29, 1.82) is 0 Å². The minimum atomic E-state index is -0.346. The van der Waals surface area contributed by atoms with E-state index in [1.807, 2.05) is 30.3 Å². The zero-order chi connectivity index (χ0) is 11.2. The Morgan fingerprint density at radius 1 is 1.12 bits per heavy atom. The molecular weight excluding hydrogens is 264 g/mol. The number of rotatable bonds is 2. The van der Waals surface area contributed by atoms with E-state index in [1.54, 1.807) is 0 Å². The Morgan fingerprint density at radius 3 is 2.25 bits per heavy atom. The lowest BCUT2D eigenvalue weighted by atomic mass is 10.0. The number of aliphatic hydroxyl groups excluding tert-OH is 1. The van der Waals surface area contributed by atoms with Crippen LogP contribution in [0, 0.1) is 11.8 Å². The highest BCUT2D eigenvalue weighted by Crippen LogP contribution is 2.68. The third kappa shape index (κ3) is 1.46. The molecule has 2 aliphatic carbocycles. The van der Waals surface area contributed by atoms with E-state index in [2.05, 4.69) is 15.9 Å². The number of benzene rings is 1. The fraction of sp³-hybridized carbons (Fsp3) is 0.571. The maximum Gasteiger partial charge on any atom is 0.0948 e. The van der Waals surface area contributed by atoms with Gasteiger partial charge in [-0.15, -0.1) is 0 Å². The molecule has 0 aromatic heterocycles. The highest BCUT2D eigenvalue weighted by Gasteiger charge is 2.66. The van der Waals surface area contributed by atoms with Crippen molar-refractivity contribution in [3.63, 3.8) is 0 Å². The molecule has 1 aromatic carbocycles. The van der Waals surface area contributed by atoms with Crippen LogP contribution in [0.15, 0.2) is 30.3 Å². The van der Waals surface area contributed by atoms with E-state index in [0.717, 1.165) is 5.56 Å². The standard InChI is InChI=1S/C14H17BrO/c15-14(11-8-4-5-9-12(11)14)13(16)10-6-2-1-3-7-10/h1-3,6-7,11-13,16H,4-5,8-9H2. The molecule has 2 heteroatoms. The van der Waals surface area contributed by atoms with E-state index in [4.69, 9.17) is 0 Å². The molecule has 0 saturated heterocycles. The van der Waals surface area contributed by atoms with Gasteiger partial charge in [0.15, 0.2) is 0 Å². The van der Waals surface area contributed by atoms with E-state index < -0.39 is 0 Å². The van der Waals surface area contributed by atoms with Crippen molar-refractivity contribution in [3.8, 4) is 0 Å². The van der Waals surface area contributed by atoms with Crippen molar-refractivity contribution in [1.82, 2.24) is 0 Å². The molecule has 16 heavy (non-hydrogen) atoms. The van der Waals surface area contributed by atoms with Gasteiger partial charge in [0, 0.05) is 0 Å². The summed E-state index contributed by atoms with van der Waals surface area (Å²) >= 11 is 3.84. The molecule has 0 bridgehead atoms. The van der Waals surface area contributed by atoms with Crippen molar-refractivity contribution in [2.24, 2.45) is 11.8 Å². The van der Waals surface area contributed by atoms with Crippen LogP contribution in [0.4, 0.5) is 0 Å². The quantitative estimate of drug-likeness (QED) is 0.820. The normalized spacial score (nSPS) is 38.9. The first-order valence-corrected chi connectivity index (χ1v) is 6.96. The summed E-state index contributed by atoms with van der Waals surface area (Å²) in [6, 6.07) is 10.1. The molecule has 0 radical (unpaired) electrons. The van der Waals surface area contributed by atoms with Gasteiger partial charge in [-0.05, 0) is 30.2 Å². The van der Waals surface area contributed by atoms with Crippen molar-refractivity contribution in [2.45, 2.75) is 36.1 Å². The Labute approximate surface area is 105 Å². The van der Waals surface area contributed by atoms with Crippen LogP contribution >= 0.6 is 15.9 Å². The number of fused-ring (bicyclic) bond motifs is 1. The molecule has 0 amide bonds. The third-order valence-electron chi connectivity index (χ3n) is 4.33. The minimum Gasteiger partial charge on any atom is -0.387 e. The van der Waals surface area contributed by atoms with Gasteiger partial charge in [-0.1, -0.05) is 59.1 Å². The lowest BCUT2D eigenvalue weighted by Crippen LogP contribution is -2.17. The number of hydrogen-bond donors (Lipinski definition) is 1. The number of alkyl halides is 1. The molecule has 1 N–H and O–H groups in total. The Balaban J connectivity index is 1.83. The average Bonchev–Trinajstić information content (AvgIpc) is 2.98. The summed E-state index contributed by atoms with van der Waals surface area (Å²) in [7, 11) is 0. The van der Waals surface area contributed by atoms with Crippen LogP contribution in [-0.4, -0.2) is 9.43 Å². The zero-order valence-corrected chi connectivity index (χ0v) is 10.9. The Hall–Kier alpha value is -0.340. The molecule has 3 atom stereocenters. The van der Waals surface area contributed by atoms with Crippen LogP contribution in [0.5, 0.6) is 0 Å². The molecule has 3 rings (SSSR count). The van der Waals surface area contributed by atoms with Crippen molar-refractivity contribution in [3.05, 3.63) is 35.9 Å². The van der Waals surface area contributed by atoms with Gasteiger partial charge >= 0.3 is 0 Å². The molecule has 2 saturated carbocycles. The Morgan fingerprint density at radius 2 is 1.69 bits per heavy atom. The van der Waals surface area contributed by atoms with Crippen molar-refractivity contribution >= 4 is 15.9 Å². The van der Waals surface area contributed by atoms with E-state index >= 15 is 0 Å². The minimum absolute atomic E-state index is 0.0230. The predicted molar refractivity (Wildman–Crippen MR) is 68.5 cm³/mol. The molecule has 0 aliphatic heterocycles. The SMILES string of the molecule is OC(c1ccccc1)C1(Br)C2CCCCC21. The lowest BCUT2D eigenvalue weighted by molar-refractivity contribution is 0.159. The summed E-state index contributed by atoms with van der Waals surface area (Å²) in [5.74, 6) is 1.38. The van der Waals surface area contributed by atoms with E-state index in [1.165, 1.54) is 25.7 Å².